The Labute approximate surface area is 169 Å². The summed E-state index contributed by atoms with van der Waals surface area (Å²) in [6, 6.07) is 0. The molecule has 0 spiro atoms. The lowest BCUT2D eigenvalue weighted by Gasteiger charge is -2.07. The second kappa shape index (κ2) is 7.62. The van der Waals surface area contributed by atoms with Crippen LogP contribution in [0.3, 0.4) is 0 Å². The van der Waals surface area contributed by atoms with Gasteiger partial charge in [-0.05, 0) is 6.92 Å². The molecule has 0 aliphatic heterocycles. The molecule has 3 heterocycles. The number of hydrogen-bond acceptors (Lipinski definition) is 7. The Bertz CT molecular complexity index is 1230. The average Bonchev–Trinajstić information content (AvgIpc) is 3.26. The second-order valence-electron chi connectivity index (χ2n) is 6.77. The Morgan fingerprint density at radius 3 is 2.52 bits per heavy atom. The molecular formula is C17H21N7O4S. The van der Waals surface area contributed by atoms with E-state index < -0.39 is 11.2 Å². The van der Waals surface area contributed by atoms with Gasteiger partial charge in [-0.2, -0.15) is 0 Å². The van der Waals surface area contributed by atoms with Crippen molar-refractivity contribution in [2.75, 3.05) is 19.4 Å². The van der Waals surface area contributed by atoms with Gasteiger partial charge < -0.3 is 15.2 Å². The third-order valence-corrected chi connectivity index (χ3v) is 5.44. The van der Waals surface area contributed by atoms with Crippen LogP contribution < -0.4 is 16.6 Å². The van der Waals surface area contributed by atoms with Gasteiger partial charge in [-0.3, -0.25) is 23.5 Å². The number of aromatic amines is 1. The zero-order valence-electron chi connectivity index (χ0n) is 16.7. The Kier molecular flexibility index (Phi) is 5.38. The molecule has 3 aromatic heterocycles. The predicted octanol–water partition coefficient (Wildman–Crippen LogP) is -0.00168. The summed E-state index contributed by atoms with van der Waals surface area (Å²) in [6.45, 7) is 1.71. The molecule has 0 atom stereocenters. The van der Waals surface area contributed by atoms with Crippen LogP contribution in [0.25, 0.3) is 11.2 Å². The highest BCUT2D eigenvalue weighted by molar-refractivity contribution is 7.17. The van der Waals surface area contributed by atoms with Crippen molar-refractivity contribution in [1.82, 2.24) is 29.0 Å². The molecule has 2 amide bonds. The minimum Gasteiger partial charge on any atom is -0.344 e. The van der Waals surface area contributed by atoms with Crippen LogP contribution in [0.15, 0.2) is 9.59 Å². The van der Waals surface area contributed by atoms with Crippen molar-refractivity contribution in [1.29, 1.82) is 0 Å². The number of thiazole rings is 1. The topological polar surface area (TPSA) is 135 Å². The van der Waals surface area contributed by atoms with Crippen LogP contribution in [-0.4, -0.2) is 54.9 Å². The van der Waals surface area contributed by atoms with Crippen LogP contribution in [-0.2, 0) is 25.3 Å². The van der Waals surface area contributed by atoms with Gasteiger partial charge >= 0.3 is 5.69 Å². The van der Waals surface area contributed by atoms with E-state index in [-0.39, 0.29) is 35.8 Å². The van der Waals surface area contributed by atoms with Crippen LogP contribution in [0.1, 0.15) is 27.6 Å². The minimum atomic E-state index is -0.472. The number of nitrogens with zero attached hydrogens (tertiary/aromatic N) is 5. The molecule has 12 heteroatoms. The van der Waals surface area contributed by atoms with Crippen LogP contribution in [0, 0.1) is 6.92 Å². The molecule has 154 valence electrons. The zero-order chi connectivity index (χ0) is 21.5. The summed E-state index contributed by atoms with van der Waals surface area (Å²) in [5.41, 5.74) is 0.0736. The summed E-state index contributed by atoms with van der Waals surface area (Å²) in [4.78, 5) is 61.8. The van der Waals surface area contributed by atoms with E-state index in [9.17, 15) is 19.2 Å². The van der Waals surface area contributed by atoms with Gasteiger partial charge in [-0.1, -0.05) is 11.3 Å². The highest BCUT2D eigenvalue weighted by Gasteiger charge is 2.18. The van der Waals surface area contributed by atoms with E-state index in [0.717, 1.165) is 15.9 Å². The number of carbonyl (C=O) groups is 2. The van der Waals surface area contributed by atoms with Gasteiger partial charge in [0, 0.05) is 41.0 Å². The number of aromatic nitrogens is 5. The van der Waals surface area contributed by atoms with Crippen LogP contribution in [0.2, 0.25) is 0 Å². The summed E-state index contributed by atoms with van der Waals surface area (Å²) < 4.78 is 2.27. The highest BCUT2D eigenvalue weighted by atomic mass is 32.1. The maximum Gasteiger partial charge on any atom is 0.332 e. The largest absolute Gasteiger partial charge is 0.344 e. The number of carbonyl (C=O) groups excluding carboxylic acids is 2. The van der Waals surface area contributed by atoms with E-state index in [1.54, 1.807) is 21.0 Å². The number of H-pyrrole nitrogens is 1. The molecule has 0 aliphatic carbocycles. The van der Waals surface area contributed by atoms with Crippen LogP contribution in [0.5, 0.6) is 0 Å². The number of imidazole rings is 1. The first-order valence-corrected chi connectivity index (χ1v) is 9.55. The second-order valence-corrected chi connectivity index (χ2v) is 7.77. The van der Waals surface area contributed by atoms with Crippen molar-refractivity contribution in [3.63, 3.8) is 0 Å². The maximum absolute atomic E-state index is 12.3. The van der Waals surface area contributed by atoms with Crippen molar-refractivity contribution in [3.05, 3.63) is 37.2 Å². The van der Waals surface area contributed by atoms with E-state index in [1.807, 2.05) is 0 Å². The predicted molar refractivity (Wildman–Crippen MR) is 108 cm³/mol. The highest BCUT2D eigenvalue weighted by Crippen LogP contribution is 2.23. The normalized spacial score (nSPS) is 11.1. The fraction of sp³-hybridized carbons (Fsp3) is 0.412. The lowest BCUT2D eigenvalue weighted by molar-refractivity contribution is -0.116. The number of anilines is 1. The van der Waals surface area contributed by atoms with Crippen molar-refractivity contribution in [2.24, 2.45) is 14.1 Å². The molecule has 0 aliphatic rings. The summed E-state index contributed by atoms with van der Waals surface area (Å²) in [5.74, 6) is -0.0490. The fourth-order valence-electron chi connectivity index (χ4n) is 2.76. The van der Waals surface area contributed by atoms with Gasteiger partial charge in [0.05, 0.1) is 5.69 Å². The molecule has 3 aromatic rings. The summed E-state index contributed by atoms with van der Waals surface area (Å²) in [6.07, 6.45) is 0.329. The number of hydrogen-bond donors (Lipinski definition) is 2. The van der Waals surface area contributed by atoms with Gasteiger partial charge in [-0.25, -0.2) is 14.8 Å². The molecule has 0 aromatic carbocycles. The van der Waals surface area contributed by atoms with E-state index in [4.69, 9.17) is 0 Å². The van der Waals surface area contributed by atoms with Crippen molar-refractivity contribution in [3.8, 4) is 0 Å². The standard InChI is InChI=1S/C17H21N7O4S/c1-8-12(15(27)22(2)3)29-16(18-8)21-10(25)7-6-9-19-11-13(20-9)23(4)17(28)24(5)14(11)26/h6-7H2,1-5H3,(H,19,20)(H,18,21,25). The molecule has 0 unspecified atom stereocenters. The third-order valence-electron chi connectivity index (χ3n) is 4.38. The van der Waals surface area contributed by atoms with Gasteiger partial charge in [0.2, 0.25) is 5.91 Å². The van der Waals surface area contributed by atoms with E-state index in [2.05, 4.69) is 20.3 Å². The number of amides is 2. The SMILES string of the molecule is Cc1nc(NC(=O)CCc2nc3c([nH]2)c(=O)n(C)c(=O)n3C)sc1C(=O)N(C)C. The molecule has 29 heavy (non-hydrogen) atoms. The fourth-order valence-corrected chi connectivity index (χ4v) is 3.76. The van der Waals surface area contributed by atoms with Gasteiger partial charge in [0.1, 0.15) is 16.2 Å². The lowest BCUT2D eigenvalue weighted by Crippen LogP contribution is -2.36. The van der Waals surface area contributed by atoms with Crippen LogP contribution in [0.4, 0.5) is 5.13 Å². The summed E-state index contributed by atoms with van der Waals surface area (Å²) in [5, 5.41) is 3.02. The molecule has 0 saturated carbocycles. The van der Waals surface area contributed by atoms with Gasteiger partial charge in [-0.15, -0.1) is 0 Å². The molecular weight excluding hydrogens is 398 g/mol. The first-order chi connectivity index (χ1) is 13.6. The third kappa shape index (κ3) is 3.83. The maximum atomic E-state index is 12.3. The Hall–Kier alpha value is -3.28. The Balaban J connectivity index is 1.72. The molecule has 0 radical (unpaired) electrons. The molecule has 2 N–H and O–H groups in total. The molecule has 0 saturated heterocycles. The Morgan fingerprint density at radius 2 is 1.86 bits per heavy atom. The molecule has 3 rings (SSSR count). The molecule has 11 nitrogen and oxygen atoms in total. The first-order valence-electron chi connectivity index (χ1n) is 8.73. The molecule has 0 bridgehead atoms. The summed E-state index contributed by atoms with van der Waals surface area (Å²) >= 11 is 1.12. The van der Waals surface area contributed by atoms with E-state index >= 15 is 0 Å². The van der Waals surface area contributed by atoms with Crippen molar-refractivity contribution >= 4 is 39.4 Å². The monoisotopic (exact) mass is 419 g/mol. The average molecular weight is 419 g/mol. The Morgan fingerprint density at radius 1 is 1.17 bits per heavy atom. The van der Waals surface area contributed by atoms with Gasteiger partial charge in [0.15, 0.2) is 10.8 Å². The minimum absolute atomic E-state index is 0.0870. The molecule has 0 fully saturated rings. The smallest absolute Gasteiger partial charge is 0.332 e. The number of rotatable bonds is 5. The number of fused-ring (bicyclic) bond motifs is 1. The van der Waals surface area contributed by atoms with Gasteiger partial charge in [0.25, 0.3) is 11.5 Å². The van der Waals surface area contributed by atoms with E-state index in [0.29, 0.717) is 21.5 Å². The quantitative estimate of drug-likeness (QED) is 0.598. The number of nitrogens with one attached hydrogen (secondary N) is 2. The summed E-state index contributed by atoms with van der Waals surface area (Å²) in [7, 11) is 6.22. The van der Waals surface area contributed by atoms with Crippen molar-refractivity contribution < 1.29 is 9.59 Å². The van der Waals surface area contributed by atoms with Crippen LogP contribution >= 0.6 is 11.3 Å². The lowest BCUT2D eigenvalue weighted by atomic mass is 10.3. The number of aryl methyl sites for hydroxylation is 3. The van der Waals surface area contributed by atoms with E-state index in [1.165, 1.54) is 23.6 Å². The first kappa shape index (κ1) is 20.5. The zero-order valence-corrected chi connectivity index (χ0v) is 17.5. The van der Waals surface area contributed by atoms with Crippen molar-refractivity contribution in [2.45, 2.75) is 19.8 Å².